The number of hydrogen-bond donors (Lipinski definition) is 2. The molecule has 1 heterocycles. The maximum Gasteiger partial charge on any atom is 0.223 e. The van der Waals surface area contributed by atoms with Gasteiger partial charge in [-0.2, -0.15) is 0 Å². The first-order valence-electron chi connectivity index (χ1n) is 7.82. The summed E-state index contributed by atoms with van der Waals surface area (Å²) in [4.78, 5) is 11.7. The molecule has 116 valence electrons. The minimum Gasteiger partial charge on any atom is -0.493 e. The number of carbonyl (C=O) groups excluding carboxylic acids is 1. The zero-order valence-corrected chi connectivity index (χ0v) is 13.1. The van der Waals surface area contributed by atoms with Crippen molar-refractivity contribution in [2.24, 2.45) is 5.92 Å². The molecule has 1 aliphatic rings. The van der Waals surface area contributed by atoms with Crippen molar-refractivity contribution >= 4 is 5.91 Å². The normalized spacial score (nSPS) is 17.7. The van der Waals surface area contributed by atoms with Gasteiger partial charge < -0.3 is 15.4 Å². The van der Waals surface area contributed by atoms with Gasteiger partial charge in [0.05, 0.1) is 13.0 Å². The fraction of sp³-hybridized carbons (Fsp3) is 0.588. The van der Waals surface area contributed by atoms with Crippen molar-refractivity contribution < 1.29 is 9.53 Å². The molecule has 1 aromatic rings. The van der Waals surface area contributed by atoms with Crippen molar-refractivity contribution in [2.75, 3.05) is 26.2 Å². The van der Waals surface area contributed by atoms with Crippen molar-refractivity contribution in [2.45, 2.75) is 33.1 Å². The molecule has 0 spiro atoms. The lowest BCUT2D eigenvalue weighted by atomic mass is 10.1. The Hall–Kier alpha value is -1.55. The van der Waals surface area contributed by atoms with Crippen LogP contribution in [-0.4, -0.2) is 32.1 Å². The highest BCUT2D eigenvalue weighted by Gasteiger charge is 2.14. The Morgan fingerprint density at radius 1 is 1.33 bits per heavy atom. The standard InChI is InChI=1S/C17H26N2O2/c1-13-9-14(2)11-16(10-13)21-8-5-17(20)19-7-4-15-3-6-18-12-15/h9-11,15,18H,3-8,12H2,1-2H3,(H,19,20). The quantitative estimate of drug-likeness (QED) is 0.809. The van der Waals surface area contributed by atoms with Gasteiger partial charge in [0.25, 0.3) is 0 Å². The van der Waals surface area contributed by atoms with Crippen LogP contribution in [-0.2, 0) is 4.79 Å². The number of carbonyl (C=O) groups is 1. The van der Waals surface area contributed by atoms with Crippen LogP contribution in [0.3, 0.4) is 0 Å². The highest BCUT2D eigenvalue weighted by molar-refractivity contribution is 5.75. The van der Waals surface area contributed by atoms with Crippen LogP contribution < -0.4 is 15.4 Å². The smallest absolute Gasteiger partial charge is 0.223 e. The third-order valence-electron chi connectivity index (χ3n) is 3.83. The van der Waals surface area contributed by atoms with Gasteiger partial charge in [-0.05, 0) is 69.0 Å². The molecule has 1 aromatic carbocycles. The maximum atomic E-state index is 11.7. The Bertz CT molecular complexity index is 448. The summed E-state index contributed by atoms with van der Waals surface area (Å²) < 4.78 is 5.65. The summed E-state index contributed by atoms with van der Waals surface area (Å²) in [5.41, 5.74) is 2.36. The van der Waals surface area contributed by atoms with Crippen molar-refractivity contribution in [3.63, 3.8) is 0 Å². The number of aryl methyl sites for hydroxylation is 2. The average molecular weight is 290 g/mol. The fourth-order valence-electron chi connectivity index (χ4n) is 2.74. The van der Waals surface area contributed by atoms with Crippen molar-refractivity contribution in [1.82, 2.24) is 10.6 Å². The van der Waals surface area contributed by atoms with E-state index in [-0.39, 0.29) is 5.91 Å². The lowest BCUT2D eigenvalue weighted by Gasteiger charge is -2.10. The maximum absolute atomic E-state index is 11.7. The van der Waals surface area contributed by atoms with E-state index in [0.717, 1.165) is 37.7 Å². The van der Waals surface area contributed by atoms with Crippen molar-refractivity contribution in [3.05, 3.63) is 29.3 Å². The summed E-state index contributed by atoms with van der Waals surface area (Å²) in [5.74, 6) is 1.64. The molecule has 0 saturated carbocycles. The molecule has 1 saturated heterocycles. The summed E-state index contributed by atoms with van der Waals surface area (Å²) in [5, 5.41) is 6.31. The van der Waals surface area contributed by atoms with E-state index in [9.17, 15) is 4.79 Å². The molecule has 4 nitrogen and oxygen atoms in total. The summed E-state index contributed by atoms with van der Waals surface area (Å²) in [7, 11) is 0. The number of rotatable bonds is 7. The lowest BCUT2D eigenvalue weighted by molar-refractivity contribution is -0.121. The van der Waals surface area contributed by atoms with E-state index in [4.69, 9.17) is 4.74 Å². The predicted molar refractivity (Wildman–Crippen MR) is 84.6 cm³/mol. The second-order valence-electron chi connectivity index (χ2n) is 5.92. The summed E-state index contributed by atoms with van der Waals surface area (Å²) in [6.07, 6.45) is 2.71. The molecule has 2 rings (SSSR count). The SMILES string of the molecule is Cc1cc(C)cc(OCCC(=O)NCCC2CCNC2)c1. The van der Waals surface area contributed by atoms with Gasteiger partial charge in [-0.15, -0.1) is 0 Å². The Morgan fingerprint density at radius 3 is 2.76 bits per heavy atom. The third-order valence-corrected chi connectivity index (χ3v) is 3.83. The number of ether oxygens (including phenoxy) is 1. The second-order valence-corrected chi connectivity index (χ2v) is 5.92. The Morgan fingerprint density at radius 2 is 2.10 bits per heavy atom. The molecular formula is C17H26N2O2. The van der Waals surface area contributed by atoms with Gasteiger partial charge in [0.15, 0.2) is 0 Å². The molecule has 1 fully saturated rings. The second kappa shape index (κ2) is 8.03. The zero-order valence-electron chi connectivity index (χ0n) is 13.1. The van der Waals surface area contributed by atoms with E-state index >= 15 is 0 Å². The van der Waals surface area contributed by atoms with Gasteiger partial charge in [-0.25, -0.2) is 0 Å². The van der Waals surface area contributed by atoms with Crippen LogP contribution in [0.2, 0.25) is 0 Å². The van der Waals surface area contributed by atoms with Gasteiger partial charge in [0.1, 0.15) is 5.75 Å². The first-order valence-corrected chi connectivity index (χ1v) is 7.82. The molecule has 0 aromatic heterocycles. The number of benzene rings is 1. The van der Waals surface area contributed by atoms with Gasteiger partial charge in [-0.1, -0.05) is 6.07 Å². The molecule has 1 unspecified atom stereocenters. The molecule has 21 heavy (non-hydrogen) atoms. The predicted octanol–water partition coefficient (Wildman–Crippen LogP) is 2.19. The summed E-state index contributed by atoms with van der Waals surface area (Å²) in [6, 6.07) is 6.10. The Balaban J connectivity index is 1.60. The molecule has 2 N–H and O–H groups in total. The van der Waals surface area contributed by atoms with Gasteiger partial charge in [-0.3, -0.25) is 4.79 Å². The zero-order chi connectivity index (χ0) is 15.1. The number of nitrogens with one attached hydrogen (secondary N) is 2. The van der Waals surface area contributed by atoms with E-state index in [1.54, 1.807) is 0 Å². The highest BCUT2D eigenvalue weighted by Crippen LogP contribution is 2.16. The molecular weight excluding hydrogens is 264 g/mol. The fourth-order valence-corrected chi connectivity index (χ4v) is 2.74. The van der Waals surface area contributed by atoms with Crippen LogP contribution in [0.25, 0.3) is 0 Å². The van der Waals surface area contributed by atoms with E-state index in [2.05, 4.69) is 16.7 Å². The van der Waals surface area contributed by atoms with E-state index in [0.29, 0.717) is 13.0 Å². The molecule has 0 radical (unpaired) electrons. The van der Waals surface area contributed by atoms with Gasteiger partial charge in [0, 0.05) is 6.54 Å². The van der Waals surface area contributed by atoms with E-state index < -0.39 is 0 Å². The van der Waals surface area contributed by atoms with Crippen LogP contribution in [0, 0.1) is 19.8 Å². The summed E-state index contributed by atoms with van der Waals surface area (Å²) in [6.45, 7) is 7.50. The molecule has 1 atom stereocenters. The molecule has 0 bridgehead atoms. The monoisotopic (exact) mass is 290 g/mol. The van der Waals surface area contributed by atoms with Gasteiger partial charge >= 0.3 is 0 Å². The average Bonchev–Trinajstić information content (AvgIpc) is 2.91. The van der Waals surface area contributed by atoms with Crippen molar-refractivity contribution in [1.29, 1.82) is 0 Å². The van der Waals surface area contributed by atoms with Crippen LogP contribution >= 0.6 is 0 Å². The minimum atomic E-state index is 0.0744. The van der Waals surface area contributed by atoms with Crippen LogP contribution in [0.4, 0.5) is 0 Å². The Labute approximate surface area is 127 Å². The van der Waals surface area contributed by atoms with Gasteiger partial charge in [0.2, 0.25) is 5.91 Å². The van der Waals surface area contributed by atoms with E-state index in [1.807, 2.05) is 26.0 Å². The van der Waals surface area contributed by atoms with Crippen LogP contribution in [0.15, 0.2) is 18.2 Å². The Kier molecular flexibility index (Phi) is 6.05. The van der Waals surface area contributed by atoms with E-state index in [1.165, 1.54) is 17.5 Å². The lowest BCUT2D eigenvalue weighted by Crippen LogP contribution is -2.27. The number of hydrogen-bond acceptors (Lipinski definition) is 3. The van der Waals surface area contributed by atoms with Crippen molar-refractivity contribution in [3.8, 4) is 5.75 Å². The first kappa shape index (κ1) is 15.8. The molecule has 1 aliphatic heterocycles. The molecule has 0 aliphatic carbocycles. The number of amides is 1. The van der Waals surface area contributed by atoms with Crippen LogP contribution in [0.1, 0.15) is 30.4 Å². The minimum absolute atomic E-state index is 0.0744. The topological polar surface area (TPSA) is 50.4 Å². The third kappa shape index (κ3) is 5.76. The molecule has 1 amide bonds. The highest BCUT2D eigenvalue weighted by atomic mass is 16.5. The summed E-state index contributed by atoms with van der Waals surface area (Å²) >= 11 is 0. The first-order chi connectivity index (χ1) is 10.1. The largest absolute Gasteiger partial charge is 0.493 e. The molecule has 4 heteroatoms. The van der Waals surface area contributed by atoms with Crippen LogP contribution in [0.5, 0.6) is 5.75 Å².